The zero-order chi connectivity index (χ0) is 13.9. The molecule has 1 rings (SSSR count). The lowest BCUT2D eigenvalue weighted by Crippen LogP contribution is -2.29. The first-order chi connectivity index (χ1) is 8.27. The standard InChI is InChI=1S/C11H16N2O4S/c1-3-8(11(14)15)13-9-5-4-6-10(7(9)2)18(12,16)17/h4-6,8,13H,3H2,1-2H3,(H,14,15)(H2,12,16,17). The summed E-state index contributed by atoms with van der Waals surface area (Å²) in [5.41, 5.74) is 0.871. The van der Waals surface area contributed by atoms with Crippen molar-refractivity contribution in [1.29, 1.82) is 0 Å². The van der Waals surface area contributed by atoms with Gasteiger partial charge in [-0.25, -0.2) is 18.4 Å². The van der Waals surface area contributed by atoms with E-state index in [0.717, 1.165) is 0 Å². The largest absolute Gasteiger partial charge is 0.480 e. The van der Waals surface area contributed by atoms with Gasteiger partial charge in [-0.2, -0.15) is 0 Å². The van der Waals surface area contributed by atoms with Crippen LogP contribution in [0.5, 0.6) is 0 Å². The SMILES string of the molecule is CCC(Nc1cccc(S(N)(=O)=O)c1C)C(=O)O. The second-order valence-electron chi connectivity index (χ2n) is 3.92. The van der Waals surface area contributed by atoms with Crippen LogP contribution in [0.4, 0.5) is 5.69 Å². The number of nitrogens with two attached hydrogens (primary N) is 1. The van der Waals surface area contributed by atoms with E-state index in [2.05, 4.69) is 5.32 Å². The summed E-state index contributed by atoms with van der Waals surface area (Å²) in [6.07, 6.45) is 0.383. The van der Waals surface area contributed by atoms with Gasteiger partial charge in [-0.3, -0.25) is 0 Å². The summed E-state index contributed by atoms with van der Waals surface area (Å²) in [6.45, 7) is 3.31. The van der Waals surface area contributed by atoms with Crippen LogP contribution < -0.4 is 10.5 Å². The van der Waals surface area contributed by atoms with Gasteiger partial charge in [0.1, 0.15) is 6.04 Å². The smallest absolute Gasteiger partial charge is 0.326 e. The highest BCUT2D eigenvalue weighted by molar-refractivity contribution is 7.89. The molecule has 0 aliphatic heterocycles. The third kappa shape index (κ3) is 3.21. The Morgan fingerprint density at radius 2 is 2.11 bits per heavy atom. The van der Waals surface area contributed by atoms with Gasteiger partial charge in [0.05, 0.1) is 4.90 Å². The molecule has 0 aromatic heterocycles. The molecule has 4 N–H and O–H groups in total. The van der Waals surface area contributed by atoms with Crippen LogP contribution in [0.15, 0.2) is 23.1 Å². The second kappa shape index (κ2) is 5.36. The fourth-order valence-electron chi connectivity index (χ4n) is 1.61. The van der Waals surface area contributed by atoms with E-state index >= 15 is 0 Å². The highest BCUT2D eigenvalue weighted by atomic mass is 32.2. The van der Waals surface area contributed by atoms with E-state index < -0.39 is 22.0 Å². The molecule has 0 bridgehead atoms. The summed E-state index contributed by atoms with van der Waals surface area (Å²) < 4.78 is 22.7. The van der Waals surface area contributed by atoms with Crippen molar-refractivity contribution in [3.63, 3.8) is 0 Å². The number of benzene rings is 1. The molecule has 0 saturated heterocycles. The summed E-state index contributed by atoms with van der Waals surface area (Å²) >= 11 is 0. The first-order valence-electron chi connectivity index (χ1n) is 5.39. The molecule has 7 heteroatoms. The summed E-state index contributed by atoms with van der Waals surface area (Å²) in [7, 11) is -3.81. The van der Waals surface area contributed by atoms with Gasteiger partial charge in [-0.05, 0) is 31.0 Å². The summed E-state index contributed by atoms with van der Waals surface area (Å²) in [6, 6.07) is 3.76. The lowest BCUT2D eigenvalue weighted by Gasteiger charge is -2.17. The van der Waals surface area contributed by atoms with E-state index in [1.54, 1.807) is 19.9 Å². The normalized spacial score (nSPS) is 13.1. The van der Waals surface area contributed by atoms with Crippen LogP contribution in [-0.2, 0) is 14.8 Å². The Labute approximate surface area is 106 Å². The molecule has 6 nitrogen and oxygen atoms in total. The molecule has 18 heavy (non-hydrogen) atoms. The van der Waals surface area contributed by atoms with Crippen molar-refractivity contribution < 1.29 is 18.3 Å². The molecular weight excluding hydrogens is 256 g/mol. The van der Waals surface area contributed by atoms with Crippen molar-refractivity contribution in [3.05, 3.63) is 23.8 Å². The van der Waals surface area contributed by atoms with Crippen LogP contribution in [0.2, 0.25) is 0 Å². The first-order valence-corrected chi connectivity index (χ1v) is 6.93. The molecule has 1 atom stereocenters. The third-order valence-electron chi connectivity index (χ3n) is 2.63. The summed E-state index contributed by atoms with van der Waals surface area (Å²) in [4.78, 5) is 10.9. The number of carboxylic acid groups (broad SMARTS) is 1. The highest BCUT2D eigenvalue weighted by Crippen LogP contribution is 2.23. The number of rotatable bonds is 5. The van der Waals surface area contributed by atoms with Crippen LogP contribution in [0.25, 0.3) is 0 Å². The van der Waals surface area contributed by atoms with Gasteiger partial charge in [0.15, 0.2) is 0 Å². The number of sulfonamides is 1. The minimum absolute atomic E-state index is 0.00672. The number of aliphatic carboxylic acids is 1. The van der Waals surface area contributed by atoms with Crippen LogP contribution in [0.1, 0.15) is 18.9 Å². The minimum Gasteiger partial charge on any atom is -0.480 e. The molecular formula is C11H16N2O4S. The number of anilines is 1. The van der Waals surface area contributed by atoms with Crippen molar-refractivity contribution in [2.45, 2.75) is 31.2 Å². The topological polar surface area (TPSA) is 109 Å². The van der Waals surface area contributed by atoms with E-state index in [1.807, 2.05) is 0 Å². The van der Waals surface area contributed by atoms with Crippen LogP contribution >= 0.6 is 0 Å². The number of hydrogen-bond donors (Lipinski definition) is 3. The van der Waals surface area contributed by atoms with Crippen molar-refractivity contribution in [2.75, 3.05) is 5.32 Å². The van der Waals surface area contributed by atoms with Crippen molar-refractivity contribution in [1.82, 2.24) is 0 Å². The maximum Gasteiger partial charge on any atom is 0.326 e. The van der Waals surface area contributed by atoms with Crippen molar-refractivity contribution in [2.24, 2.45) is 5.14 Å². The Bertz CT molecular complexity index is 554. The van der Waals surface area contributed by atoms with E-state index in [-0.39, 0.29) is 4.90 Å². The number of hydrogen-bond acceptors (Lipinski definition) is 4. The number of nitrogens with one attached hydrogen (secondary N) is 1. The van der Waals surface area contributed by atoms with E-state index in [4.69, 9.17) is 10.2 Å². The van der Waals surface area contributed by atoms with Gasteiger partial charge in [-0.15, -0.1) is 0 Å². The Hall–Kier alpha value is -1.60. The molecule has 0 radical (unpaired) electrons. The molecule has 1 aromatic carbocycles. The Balaban J connectivity index is 3.16. The van der Waals surface area contributed by atoms with Crippen molar-refractivity contribution in [3.8, 4) is 0 Å². The molecule has 0 aliphatic rings. The van der Waals surface area contributed by atoms with Crippen LogP contribution in [0, 0.1) is 6.92 Å². The zero-order valence-electron chi connectivity index (χ0n) is 10.2. The quantitative estimate of drug-likeness (QED) is 0.738. The predicted octanol–water partition coefficient (Wildman–Crippen LogP) is 0.918. The Kier molecular flexibility index (Phi) is 4.31. The van der Waals surface area contributed by atoms with Gasteiger partial charge >= 0.3 is 5.97 Å². The Morgan fingerprint density at radius 1 is 1.50 bits per heavy atom. The lowest BCUT2D eigenvalue weighted by molar-refractivity contribution is -0.137. The molecule has 0 spiro atoms. The number of carboxylic acids is 1. The van der Waals surface area contributed by atoms with Crippen LogP contribution in [-0.4, -0.2) is 25.5 Å². The molecule has 100 valence electrons. The van der Waals surface area contributed by atoms with E-state index in [1.165, 1.54) is 12.1 Å². The highest BCUT2D eigenvalue weighted by Gasteiger charge is 2.18. The summed E-state index contributed by atoms with van der Waals surface area (Å²) in [5, 5.41) is 16.8. The monoisotopic (exact) mass is 272 g/mol. The van der Waals surface area contributed by atoms with Crippen molar-refractivity contribution >= 4 is 21.7 Å². The lowest BCUT2D eigenvalue weighted by atomic mass is 10.1. The average molecular weight is 272 g/mol. The van der Waals surface area contributed by atoms with Gasteiger partial charge in [-0.1, -0.05) is 13.0 Å². The Morgan fingerprint density at radius 3 is 2.56 bits per heavy atom. The fourth-order valence-corrected chi connectivity index (χ4v) is 2.41. The first kappa shape index (κ1) is 14.5. The van der Waals surface area contributed by atoms with Gasteiger partial charge in [0, 0.05) is 5.69 Å². The second-order valence-corrected chi connectivity index (χ2v) is 5.45. The fraction of sp³-hybridized carbons (Fsp3) is 0.364. The van der Waals surface area contributed by atoms with E-state index in [9.17, 15) is 13.2 Å². The van der Waals surface area contributed by atoms with Gasteiger partial charge in [0.2, 0.25) is 10.0 Å². The summed E-state index contributed by atoms with van der Waals surface area (Å²) in [5.74, 6) is -0.988. The van der Waals surface area contributed by atoms with E-state index in [0.29, 0.717) is 17.7 Å². The number of primary sulfonamides is 1. The molecule has 0 fully saturated rings. The van der Waals surface area contributed by atoms with Gasteiger partial charge < -0.3 is 10.4 Å². The molecule has 1 unspecified atom stereocenters. The van der Waals surface area contributed by atoms with Gasteiger partial charge in [0.25, 0.3) is 0 Å². The zero-order valence-corrected chi connectivity index (χ0v) is 11.0. The maximum atomic E-state index is 11.3. The average Bonchev–Trinajstić information content (AvgIpc) is 2.25. The van der Waals surface area contributed by atoms with Crippen LogP contribution in [0.3, 0.4) is 0 Å². The molecule has 1 aromatic rings. The third-order valence-corrected chi connectivity index (χ3v) is 3.68. The predicted molar refractivity (Wildman–Crippen MR) is 67.9 cm³/mol. The maximum absolute atomic E-state index is 11.3. The molecule has 0 amide bonds. The minimum atomic E-state index is -3.81. The number of carbonyl (C=O) groups is 1. The molecule has 0 saturated carbocycles. The molecule has 0 heterocycles. The molecule has 0 aliphatic carbocycles.